The molecule has 0 radical (unpaired) electrons. The van der Waals surface area contributed by atoms with Crippen LogP contribution >= 0.6 is 22.9 Å². The maximum atomic E-state index is 11.3. The van der Waals surface area contributed by atoms with Crippen molar-refractivity contribution in [2.75, 3.05) is 6.61 Å². The minimum Gasteiger partial charge on any atom is -0.487 e. The molecule has 0 aliphatic rings. The third kappa shape index (κ3) is 5.79. The monoisotopic (exact) mass is 431 g/mol. The number of nitrogens with zero attached hydrogens (tertiary/aromatic N) is 1. The van der Waals surface area contributed by atoms with Gasteiger partial charge in [-0.15, -0.1) is 11.3 Å². The van der Waals surface area contributed by atoms with Gasteiger partial charge in [0.15, 0.2) is 6.10 Å². The molecule has 0 bridgehead atoms. The van der Waals surface area contributed by atoms with Gasteiger partial charge in [-0.3, -0.25) is 0 Å². The summed E-state index contributed by atoms with van der Waals surface area (Å²) in [6.45, 7) is 4.44. The molecule has 0 saturated carbocycles. The topological polar surface area (TPSA) is 68.7 Å². The molecule has 1 aromatic heterocycles. The Hall–Kier alpha value is -2.41. The number of rotatable bonds is 9. The first-order chi connectivity index (χ1) is 14.0. The quantitative estimate of drug-likeness (QED) is 0.492. The molecular weight excluding hydrogens is 410 g/mol. The fraction of sp³-hybridized carbons (Fsp3) is 0.273. The van der Waals surface area contributed by atoms with Crippen LogP contribution in [0.4, 0.5) is 0 Å². The van der Waals surface area contributed by atoms with Crippen molar-refractivity contribution >= 4 is 28.9 Å². The number of thiazole rings is 1. The Morgan fingerprint density at radius 1 is 1.28 bits per heavy atom. The van der Waals surface area contributed by atoms with Gasteiger partial charge in [0.2, 0.25) is 0 Å². The smallest absolute Gasteiger partial charge is 0.333 e. The second-order valence-corrected chi connectivity index (χ2v) is 7.81. The van der Waals surface area contributed by atoms with Crippen LogP contribution in [0.3, 0.4) is 0 Å². The molecule has 152 valence electrons. The predicted octanol–water partition coefficient (Wildman–Crippen LogP) is 5.38. The highest BCUT2D eigenvalue weighted by molar-refractivity contribution is 7.13. The number of hydrogen-bond acceptors (Lipinski definition) is 5. The third-order valence-electron chi connectivity index (χ3n) is 4.37. The molecule has 3 aromatic rings. The highest BCUT2D eigenvalue weighted by atomic mass is 35.5. The van der Waals surface area contributed by atoms with Crippen LogP contribution in [0.1, 0.15) is 23.7 Å². The Labute approximate surface area is 178 Å². The van der Waals surface area contributed by atoms with Gasteiger partial charge in [-0.25, -0.2) is 9.78 Å². The first-order valence-electron chi connectivity index (χ1n) is 9.23. The largest absolute Gasteiger partial charge is 0.487 e. The molecular formula is C22H22ClNO4S. The Morgan fingerprint density at radius 2 is 2.10 bits per heavy atom. The molecule has 1 heterocycles. The van der Waals surface area contributed by atoms with Gasteiger partial charge in [-0.05, 0) is 49.2 Å². The number of aromatic nitrogens is 1. The van der Waals surface area contributed by atoms with Crippen LogP contribution in [0.15, 0.2) is 47.8 Å². The summed E-state index contributed by atoms with van der Waals surface area (Å²) in [6, 6.07) is 13.2. The predicted molar refractivity (Wildman–Crippen MR) is 115 cm³/mol. The van der Waals surface area contributed by atoms with Crippen LogP contribution in [-0.4, -0.2) is 28.8 Å². The average Bonchev–Trinajstić information content (AvgIpc) is 3.16. The number of carboxylic acid groups (broad SMARTS) is 1. The molecule has 0 unspecified atom stereocenters. The van der Waals surface area contributed by atoms with Crippen molar-refractivity contribution in [1.29, 1.82) is 0 Å². The van der Waals surface area contributed by atoms with Crippen molar-refractivity contribution in [3.8, 4) is 16.3 Å². The van der Waals surface area contributed by atoms with Crippen molar-refractivity contribution in [2.24, 2.45) is 0 Å². The second-order valence-electron chi connectivity index (χ2n) is 6.52. The standard InChI is InChI=1S/C22H22ClNO4S/c1-3-27-20(22(25)26)11-15-7-8-19(9-14(15)2)28-12-18-13-29-21(24-18)16-5-4-6-17(23)10-16/h4-10,13,20H,3,11-12H2,1-2H3,(H,25,26)/t20-/m0/s1. The van der Waals surface area contributed by atoms with E-state index in [9.17, 15) is 9.90 Å². The summed E-state index contributed by atoms with van der Waals surface area (Å²) in [5, 5.41) is 12.8. The van der Waals surface area contributed by atoms with Crippen molar-refractivity contribution in [1.82, 2.24) is 4.98 Å². The van der Waals surface area contributed by atoms with Gasteiger partial charge >= 0.3 is 5.97 Å². The molecule has 0 aliphatic carbocycles. The Kier molecular flexibility index (Phi) is 7.25. The highest BCUT2D eigenvalue weighted by Crippen LogP contribution is 2.27. The maximum Gasteiger partial charge on any atom is 0.333 e. The number of carboxylic acids is 1. The Morgan fingerprint density at radius 3 is 2.79 bits per heavy atom. The molecule has 5 nitrogen and oxygen atoms in total. The number of aryl methyl sites for hydroxylation is 1. The summed E-state index contributed by atoms with van der Waals surface area (Å²) in [6.07, 6.45) is -0.518. The first kappa shape index (κ1) is 21.3. The number of benzene rings is 2. The van der Waals surface area contributed by atoms with Crippen LogP contribution in [0.2, 0.25) is 5.02 Å². The lowest BCUT2D eigenvalue weighted by atomic mass is 10.0. The van der Waals surface area contributed by atoms with E-state index in [1.54, 1.807) is 18.3 Å². The minimum absolute atomic E-state index is 0.324. The summed E-state index contributed by atoms with van der Waals surface area (Å²) in [5.74, 6) is -0.238. The van der Waals surface area contributed by atoms with Crippen molar-refractivity contribution in [3.05, 3.63) is 69.7 Å². The van der Waals surface area contributed by atoms with E-state index in [1.165, 1.54) is 0 Å². The van der Waals surface area contributed by atoms with Gasteiger partial charge in [-0.1, -0.05) is 29.8 Å². The number of carbonyl (C=O) groups is 1. The summed E-state index contributed by atoms with van der Waals surface area (Å²) >= 11 is 7.60. The molecule has 0 amide bonds. The summed E-state index contributed by atoms with van der Waals surface area (Å²) in [7, 11) is 0. The van der Waals surface area contributed by atoms with Crippen LogP contribution in [0.5, 0.6) is 5.75 Å². The summed E-state index contributed by atoms with van der Waals surface area (Å²) in [4.78, 5) is 15.9. The fourth-order valence-electron chi connectivity index (χ4n) is 2.89. The Balaban J connectivity index is 1.63. The third-order valence-corrected chi connectivity index (χ3v) is 5.55. The molecule has 0 spiro atoms. The van der Waals surface area contributed by atoms with Gasteiger partial charge in [0.05, 0.1) is 5.69 Å². The van der Waals surface area contributed by atoms with Crippen LogP contribution in [0, 0.1) is 6.92 Å². The fourth-order valence-corrected chi connectivity index (χ4v) is 3.88. The zero-order chi connectivity index (χ0) is 20.8. The molecule has 7 heteroatoms. The van der Waals surface area contributed by atoms with E-state index in [1.807, 2.05) is 54.8 Å². The maximum absolute atomic E-state index is 11.3. The number of aliphatic carboxylic acids is 1. The van der Waals surface area contributed by atoms with Crippen molar-refractivity contribution < 1.29 is 19.4 Å². The molecule has 3 rings (SSSR count). The molecule has 0 aliphatic heterocycles. The summed E-state index contributed by atoms with van der Waals surface area (Å²) in [5.41, 5.74) is 3.71. The zero-order valence-corrected chi connectivity index (χ0v) is 17.8. The van der Waals surface area contributed by atoms with E-state index in [-0.39, 0.29) is 0 Å². The number of ether oxygens (including phenoxy) is 2. The van der Waals surface area contributed by atoms with E-state index in [0.29, 0.717) is 30.4 Å². The van der Waals surface area contributed by atoms with Gasteiger partial charge in [0, 0.05) is 29.0 Å². The van der Waals surface area contributed by atoms with Gasteiger partial charge in [-0.2, -0.15) is 0 Å². The van der Waals surface area contributed by atoms with Gasteiger partial charge < -0.3 is 14.6 Å². The molecule has 1 atom stereocenters. The van der Waals surface area contributed by atoms with Crippen LogP contribution < -0.4 is 4.74 Å². The highest BCUT2D eigenvalue weighted by Gasteiger charge is 2.19. The minimum atomic E-state index is -0.953. The van der Waals surface area contributed by atoms with E-state index in [2.05, 4.69) is 4.98 Å². The van der Waals surface area contributed by atoms with Gasteiger partial charge in [0.25, 0.3) is 0 Å². The molecule has 1 N–H and O–H groups in total. The zero-order valence-electron chi connectivity index (χ0n) is 16.2. The van der Waals surface area contributed by atoms with E-state index in [4.69, 9.17) is 21.1 Å². The van der Waals surface area contributed by atoms with Crippen LogP contribution in [0.25, 0.3) is 10.6 Å². The normalized spacial score (nSPS) is 12.0. The second kappa shape index (κ2) is 9.87. The molecule has 2 aromatic carbocycles. The summed E-state index contributed by atoms with van der Waals surface area (Å²) < 4.78 is 11.2. The van der Waals surface area contributed by atoms with Crippen LogP contribution in [-0.2, 0) is 22.6 Å². The van der Waals surface area contributed by atoms with Crippen molar-refractivity contribution in [3.63, 3.8) is 0 Å². The molecule has 29 heavy (non-hydrogen) atoms. The molecule has 0 fully saturated rings. The number of hydrogen-bond donors (Lipinski definition) is 1. The van der Waals surface area contributed by atoms with Crippen molar-refractivity contribution in [2.45, 2.75) is 33.0 Å². The lowest BCUT2D eigenvalue weighted by Crippen LogP contribution is -2.26. The average molecular weight is 432 g/mol. The lowest BCUT2D eigenvalue weighted by Gasteiger charge is -2.15. The Bertz CT molecular complexity index is 988. The van der Waals surface area contributed by atoms with E-state index < -0.39 is 12.1 Å². The first-order valence-corrected chi connectivity index (χ1v) is 10.5. The lowest BCUT2D eigenvalue weighted by molar-refractivity contribution is -0.149. The van der Waals surface area contributed by atoms with E-state index >= 15 is 0 Å². The SMILES string of the molecule is CCO[C@@H](Cc1ccc(OCc2csc(-c3cccc(Cl)c3)n2)cc1C)C(=O)O. The number of halogens is 1. The molecule has 0 saturated heterocycles. The van der Waals surface area contributed by atoms with Gasteiger partial charge in [0.1, 0.15) is 17.4 Å². The van der Waals surface area contributed by atoms with E-state index in [0.717, 1.165) is 27.4 Å².